The zero-order chi connectivity index (χ0) is 11.5. The molecule has 3 unspecified atom stereocenters. The summed E-state index contributed by atoms with van der Waals surface area (Å²) < 4.78 is 1.43. The molecule has 1 aromatic carbocycles. The quantitative estimate of drug-likeness (QED) is 0.829. The van der Waals surface area contributed by atoms with E-state index in [0.29, 0.717) is 0 Å². The lowest BCUT2D eigenvalue weighted by Gasteiger charge is -2.45. The van der Waals surface area contributed by atoms with E-state index in [1.54, 1.807) is 5.56 Å². The molecule has 1 N–H and O–H groups in total. The topological polar surface area (TPSA) is 12.0 Å². The molecule has 0 aliphatic heterocycles. The highest BCUT2D eigenvalue weighted by Gasteiger charge is 2.40. The fraction of sp³-hybridized carbons (Fsp3) is 0.571. The number of hydrogen-bond acceptors (Lipinski definition) is 1. The Bertz CT molecular complexity index is 350. The van der Waals surface area contributed by atoms with Gasteiger partial charge in [-0.3, -0.25) is 0 Å². The molecule has 0 amide bonds. The Kier molecular flexibility index (Phi) is 4.25. The number of hydrogen-bond donors (Lipinski definition) is 1. The second-order valence-corrected chi connectivity index (χ2v) is 5.76. The van der Waals surface area contributed by atoms with Crippen LogP contribution in [0.4, 0.5) is 0 Å². The predicted molar refractivity (Wildman–Crippen MR) is 77.8 cm³/mol. The van der Waals surface area contributed by atoms with E-state index in [4.69, 9.17) is 0 Å². The summed E-state index contributed by atoms with van der Waals surface area (Å²) in [5.41, 5.74) is 1.56. The highest BCUT2D eigenvalue weighted by Crippen LogP contribution is 2.45. The summed E-state index contributed by atoms with van der Waals surface area (Å²) in [4.78, 5) is 0. The van der Waals surface area contributed by atoms with E-state index in [9.17, 15) is 0 Å². The van der Waals surface area contributed by atoms with Crippen molar-refractivity contribution in [1.29, 1.82) is 0 Å². The zero-order valence-corrected chi connectivity index (χ0v) is 12.2. The van der Waals surface area contributed by atoms with E-state index in [0.717, 1.165) is 24.4 Å². The second-order valence-electron chi connectivity index (χ2n) is 4.60. The van der Waals surface area contributed by atoms with E-state index < -0.39 is 0 Å². The Hall–Kier alpha value is -0.0900. The molecule has 1 aromatic rings. The third-order valence-electron chi connectivity index (χ3n) is 3.78. The Balaban J connectivity index is 2.10. The van der Waals surface area contributed by atoms with Crippen LogP contribution in [-0.4, -0.2) is 12.6 Å². The van der Waals surface area contributed by atoms with Crippen LogP contribution in [0.15, 0.2) is 24.3 Å². The van der Waals surface area contributed by atoms with Gasteiger partial charge in [0.15, 0.2) is 0 Å². The molecule has 2 heteroatoms. The van der Waals surface area contributed by atoms with Crippen LogP contribution < -0.4 is 5.32 Å². The maximum absolute atomic E-state index is 3.60. The van der Waals surface area contributed by atoms with Gasteiger partial charge in [-0.25, -0.2) is 0 Å². The molecule has 0 aromatic heterocycles. The lowest BCUT2D eigenvalue weighted by atomic mass is 9.65. The first-order valence-electron chi connectivity index (χ1n) is 6.25. The van der Waals surface area contributed by atoms with Crippen molar-refractivity contribution in [2.75, 3.05) is 6.54 Å². The van der Waals surface area contributed by atoms with Gasteiger partial charge < -0.3 is 5.32 Å². The number of halogens is 1. The molecule has 1 aliphatic rings. The minimum Gasteiger partial charge on any atom is -0.314 e. The molecule has 16 heavy (non-hydrogen) atoms. The Labute approximate surface area is 112 Å². The van der Waals surface area contributed by atoms with Crippen LogP contribution >= 0.6 is 22.6 Å². The van der Waals surface area contributed by atoms with E-state index >= 15 is 0 Å². The molecule has 0 spiro atoms. The average Bonchev–Trinajstić information content (AvgIpc) is 2.26. The van der Waals surface area contributed by atoms with Gasteiger partial charge in [-0.15, -0.1) is 0 Å². The van der Waals surface area contributed by atoms with Gasteiger partial charge in [0.25, 0.3) is 0 Å². The van der Waals surface area contributed by atoms with Crippen LogP contribution in [0.3, 0.4) is 0 Å². The SMILES string of the molecule is CCNC1CC(c2ccccc2I)C1CC. The predicted octanol–water partition coefficient (Wildman–Crippen LogP) is 3.78. The zero-order valence-electron chi connectivity index (χ0n) is 10.0. The van der Waals surface area contributed by atoms with Crippen LogP contribution in [0.5, 0.6) is 0 Å². The van der Waals surface area contributed by atoms with Crippen molar-refractivity contribution in [3.05, 3.63) is 33.4 Å². The van der Waals surface area contributed by atoms with E-state index in [1.807, 2.05) is 0 Å². The fourth-order valence-corrected chi connectivity index (χ4v) is 3.69. The van der Waals surface area contributed by atoms with Gasteiger partial charge >= 0.3 is 0 Å². The first-order valence-corrected chi connectivity index (χ1v) is 7.33. The summed E-state index contributed by atoms with van der Waals surface area (Å²) in [6.45, 7) is 5.61. The minimum atomic E-state index is 0.746. The highest BCUT2D eigenvalue weighted by atomic mass is 127. The summed E-state index contributed by atoms with van der Waals surface area (Å²) in [5.74, 6) is 1.61. The van der Waals surface area contributed by atoms with Gasteiger partial charge in [-0.2, -0.15) is 0 Å². The molecule has 1 fully saturated rings. The van der Waals surface area contributed by atoms with Gasteiger partial charge in [0, 0.05) is 9.61 Å². The average molecular weight is 329 g/mol. The van der Waals surface area contributed by atoms with Gasteiger partial charge in [-0.1, -0.05) is 38.5 Å². The molecule has 1 saturated carbocycles. The molecule has 1 aliphatic carbocycles. The summed E-state index contributed by atoms with van der Waals surface area (Å²) in [6, 6.07) is 9.58. The van der Waals surface area contributed by atoms with Crippen LogP contribution in [0.1, 0.15) is 38.2 Å². The largest absolute Gasteiger partial charge is 0.314 e. The van der Waals surface area contributed by atoms with Crippen molar-refractivity contribution in [2.24, 2.45) is 5.92 Å². The van der Waals surface area contributed by atoms with Gasteiger partial charge in [0.2, 0.25) is 0 Å². The first-order chi connectivity index (χ1) is 7.77. The first kappa shape index (κ1) is 12.4. The van der Waals surface area contributed by atoms with Crippen molar-refractivity contribution in [1.82, 2.24) is 5.32 Å². The maximum atomic E-state index is 3.60. The lowest BCUT2D eigenvalue weighted by molar-refractivity contribution is 0.162. The third-order valence-corrected chi connectivity index (χ3v) is 4.77. The summed E-state index contributed by atoms with van der Waals surface area (Å²) >= 11 is 2.47. The van der Waals surface area contributed by atoms with E-state index in [-0.39, 0.29) is 0 Å². The van der Waals surface area contributed by atoms with Gasteiger partial charge in [0.1, 0.15) is 0 Å². The molecule has 1 nitrogen and oxygen atoms in total. The number of benzene rings is 1. The monoisotopic (exact) mass is 329 g/mol. The van der Waals surface area contributed by atoms with Gasteiger partial charge in [0.05, 0.1) is 0 Å². The lowest BCUT2D eigenvalue weighted by Crippen LogP contribution is -2.49. The van der Waals surface area contributed by atoms with Crippen LogP contribution in [-0.2, 0) is 0 Å². The normalized spacial score (nSPS) is 28.8. The van der Waals surface area contributed by atoms with Crippen molar-refractivity contribution < 1.29 is 0 Å². The van der Waals surface area contributed by atoms with Crippen LogP contribution in [0, 0.1) is 9.49 Å². The Morgan fingerprint density at radius 3 is 2.69 bits per heavy atom. The molecule has 0 radical (unpaired) electrons. The number of rotatable bonds is 4. The second kappa shape index (κ2) is 5.50. The molecule has 0 bridgehead atoms. The molecular formula is C14H20IN. The van der Waals surface area contributed by atoms with Crippen molar-refractivity contribution >= 4 is 22.6 Å². The molecule has 3 atom stereocenters. The van der Waals surface area contributed by atoms with Crippen LogP contribution in [0.2, 0.25) is 0 Å². The van der Waals surface area contributed by atoms with E-state index in [1.165, 1.54) is 16.4 Å². The van der Waals surface area contributed by atoms with Crippen molar-refractivity contribution in [2.45, 2.75) is 38.6 Å². The van der Waals surface area contributed by atoms with Gasteiger partial charge in [-0.05, 0) is 59.0 Å². The van der Waals surface area contributed by atoms with Crippen LogP contribution in [0.25, 0.3) is 0 Å². The minimum absolute atomic E-state index is 0.746. The van der Waals surface area contributed by atoms with Crippen molar-refractivity contribution in [3.63, 3.8) is 0 Å². The highest BCUT2D eigenvalue weighted by molar-refractivity contribution is 14.1. The maximum Gasteiger partial charge on any atom is 0.0165 e. The fourth-order valence-electron chi connectivity index (χ4n) is 2.91. The van der Waals surface area contributed by atoms with Crippen molar-refractivity contribution in [3.8, 4) is 0 Å². The van der Waals surface area contributed by atoms with E-state index in [2.05, 4.69) is 66.0 Å². The molecule has 2 rings (SSSR count). The summed E-state index contributed by atoms with van der Waals surface area (Å²) in [6.07, 6.45) is 2.60. The Morgan fingerprint density at radius 2 is 2.06 bits per heavy atom. The third kappa shape index (κ3) is 2.28. The molecule has 0 heterocycles. The Morgan fingerprint density at radius 1 is 1.31 bits per heavy atom. The number of nitrogens with one attached hydrogen (secondary N) is 1. The molecular weight excluding hydrogens is 309 g/mol. The molecule has 88 valence electrons. The standard InChI is InChI=1S/C14H20IN/c1-3-10-12(9-14(10)16-4-2)11-7-5-6-8-13(11)15/h5-8,10,12,14,16H,3-4,9H2,1-2H3. The summed E-state index contributed by atoms with van der Waals surface area (Å²) in [7, 11) is 0. The molecule has 0 saturated heterocycles. The smallest absolute Gasteiger partial charge is 0.0165 e. The summed E-state index contributed by atoms with van der Waals surface area (Å²) in [5, 5.41) is 3.60.